The first kappa shape index (κ1) is 24.3. The minimum atomic E-state index is -0.938. The van der Waals surface area contributed by atoms with Gasteiger partial charge in [0, 0.05) is 22.0 Å². The van der Waals surface area contributed by atoms with Crippen molar-refractivity contribution in [1.29, 1.82) is 0 Å². The molecule has 4 rings (SSSR count). The summed E-state index contributed by atoms with van der Waals surface area (Å²) >= 11 is 13.0. The van der Waals surface area contributed by atoms with Crippen molar-refractivity contribution in [2.75, 3.05) is 13.2 Å². The van der Waals surface area contributed by atoms with Crippen molar-refractivity contribution in [2.45, 2.75) is 57.1 Å². The highest BCUT2D eigenvalue weighted by molar-refractivity contribution is 6.31. The second-order valence-electron chi connectivity index (χ2n) is 9.35. The van der Waals surface area contributed by atoms with Gasteiger partial charge in [0.25, 0.3) is 0 Å². The zero-order valence-corrected chi connectivity index (χ0v) is 20.4. The highest BCUT2D eigenvalue weighted by Crippen LogP contribution is 2.60. The average molecular weight is 492 g/mol. The van der Waals surface area contributed by atoms with Crippen LogP contribution in [0.5, 0.6) is 5.75 Å². The number of carbonyl (C=O) groups excluding carboxylic acids is 1. The third kappa shape index (κ3) is 4.49. The third-order valence-corrected chi connectivity index (χ3v) is 8.20. The minimum absolute atomic E-state index is 0.00457. The number of amides is 1. The molecule has 0 bridgehead atoms. The van der Waals surface area contributed by atoms with Crippen molar-refractivity contribution >= 4 is 29.1 Å². The molecule has 1 heterocycles. The topological polar surface area (TPSA) is 78.8 Å². The zero-order valence-electron chi connectivity index (χ0n) is 18.9. The van der Waals surface area contributed by atoms with Gasteiger partial charge in [0.2, 0.25) is 5.91 Å². The summed E-state index contributed by atoms with van der Waals surface area (Å²) in [6, 6.07) is 13.6. The summed E-state index contributed by atoms with van der Waals surface area (Å²) in [5, 5.41) is 23.1. The van der Waals surface area contributed by atoms with Crippen LogP contribution in [0.1, 0.15) is 56.1 Å². The molecule has 0 radical (unpaired) electrons. The number of halogens is 2. The molecular weight excluding hydrogens is 461 g/mol. The predicted octanol–water partition coefficient (Wildman–Crippen LogP) is 4.92. The molecule has 3 N–H and O–H groups in total. The summed E-state index contributed by atoms with van der Waals surface area (Å²) in [5.41, 5.74) is 1.82. The predicted molar refractivity (Wildman–Crippen MR) is 130 cm³/mol. The first-order valence-electron chi connectivity index (χ1n) is 11.6. The summed E-state index contributed by atoms with van der Waals surface area (Å²) < 4.78 is 5.58. The van der Waals surface area contributed by atoms with Gasteiger partial charge in [-0.15, -0.1) is 0 Å². The highest BCUT2D eigenvalue weighted by Gasteiger charge is 2.59. The van der Waals surface area contributed by atoms with Gasteiger partial charge in [-0.1, -0.05) is 48.3 Å². The molecule has 1 saturated carbocycles. The lowest BCUT2D eigenvalue weighted by atomic mass is 9.54. The lowest BCUT2D eigenvalue weighted by molar-refractivity contribution is -0.131. The second kappa shape index (κ2) is 9.83. The van der Waals surface area contributed by atoms with E-state index in [0.717, 1.165) is 30.4 Å². The van der Waals surface area contributed by atoms with E-state index < -0.39 is 6.10 Å². The van der Waals surface area contributed by atoms with Gasteiger partial charge in [-0.05, 0) is 73.4 Å². The molecule has 2 fully saturated rings. The maximum Gasteiger partial charge on any atom is 0.226 e. The Kier molecular flexibility index (Phi) is 7.25. The van der Waals surface area contributed by atoms with Gasteiger partial charge in [0.15, 0.2) is 0 Å². The van der Waals surface area contributed by atoms with Crippen LogP contribution in [0, 0.1) is 11.3 Å². The van der Waals surface area contributed by atoms with E-state index in [1.165, 1.54) is 0 Å². The van der Waals surface area contributed by atoms with E-state index in [2.05, 4.69) is 31.3 Å². The molecule has 0 unspecified atom stereocenters. The van der Waals surface area contributed by atoms with Gasteiger partial charge in [-0.2, -0.15) is 0 Å². The number of nitrogens with one attached hydrogen (secondary N) is 1. The zero-order chi connectivity index (χ0) is 23.8. The molecule has 0 spiro atoms. The number of hydrogen-bond acceptors (Lipinski definition) is 4. The van der Waals surface area contributed by atoms with Gasteiger partial charge in [-0.25, -0.2) is 0 Å². The Hall–Kier alpha value is -1.79. The van der Waals surface area contributed by atoms with Crippen molar-refractivity contribution in [3.05, 3.63) is 63.6 Å². The molecule has 1 saturated heterocycles. The molecule has 1 aliphatic heterocycles. The lowest BCUT2D eigenvalue weighted by Gasteiger charge is -2.47. The van der Waals surface area contributed by atoms with E-state index in [1.54, 1.807) is 6.07 Å². The number of rotatable bonds is 7. The molecule has 33 heavy (non-hydrogen) atoms. The smallest absolute Gasteiger partial charge is 0.226 e. The molecule has 7 heteroatoms. The van der Waals surface area contributed by atoms with Crippen LogP contribution in [0.3, 0.4) is 0 Å². The van der Waals surface area contributed by atoms with Crippen LogP contribution >= 0.6 is 23.2 Å². The molecular formula is C26H31Cl2NO4. The van der Waals surface area contributed by atoms with Gasteiger partial charge >= 0.3 is 0 Å². The summed E-state index contributed by atoms with van der Waals surface area (Å²) in [5.74, 6) is 1.09. The van der Waals surface area contributed by atoms with E-state index in [9.17, 15) is 9.90 Å². The van der Waals surface area contributed by atoms with Crippen LogP contribution in [-0.2, 0) is 4.79 Å². The number of hydrogen-bond donors (Lipinski definition) is 3. The van der Waals surface area contributed by atoms with Crippen LogP contribution in [0.2, 0.25) is 10.0 Å². The molecule has 178 valence electrons. The first-order valence-corrected chi connectivity index (χ1v) is 12.3. The number of aliphatic hydroxyl groups excluding tert-OH is 2. The molecule has 0 aromatic heterocycles. The van der Waals surface area contributed by atoms with Crippen molar-refractivity contribution in [2.24, 2.45) is 11.3 Å². The molecule has 2 aromatic rings. The standard InChI is InChI=1S/C26H31Cl2NO4/c1-3-26-11-10-21(20-9-8-19(12-22(20)28)33-14-18(31)13-30)23(16-4-6-17(27)7-5-16)24(26)15(2)29-25(26)32/h4-9,12,15,18,21,23-24,30-31H,3,10-11,13-14H2,1-2H3,(H,29,32)/t15-,18+,21+,23+,24+,26-/m1/s1. The van der Waals surface area contributed by atoms with E-state index in [0.29, 0.717) is 15.8 Å². The Morgan fingerprint density at radius 2 is 1.94 bits per heavy atom. The maximum absolute atomic E-state index is 13.1. The quantitative estimate of drug-likeness (QED) is 0.513. The van der Waals surface area contributed by atoms with E-state index >= 15 is 0 Å². The van der Waals surface area contributed by atoms with Crippen LogP contribution in [0.4, 0.5) is 0 Å². The lowest BCUT2D eigenvalue weighted by Crippen LogP contribution is -2.43. The number of fused-ring (bicyclic) bond motifs is 1. The fourth-order valence-electron chi connectivity index (χ4n) is 6.04. The fraction of sp³-hybridized carbons (Fsp3) is 0.500. The largest absolute Gasteiger partial charge is 0.491 e. The highest BCUT2D eigenvalue weighted by atomic mass is 35.5. The van der Waals surface area contributed by atoms with Gasteiger partial charge in [0.05, 0.1) is 12.0 Å². The first-order chi connectivity index (χ1) is 15.8. The maximum atomic E-state index is 13.1. The summed E-state index contributed by atoms with van der Waals surface area (Å²) in [7, 11) is 0. The Bertz CT molecular complexity index is 998. The average Bonchev–Trinajstić information content (AvgIpc) is 3.07. The molecule has 2 aromatic carbocycles. The van der Waals surface area contributed by atoms with Crippen molar-refractivity contribution in [1.82, 2.24) is 5.32 Å². The Morgan fingerprint density at radius 1 is 1.21 bits per heavy atom. The number of carbonyl (C=O) groups is 1. The third-order valence-electron chi connectivity index (χ3n) is 7.62. The van der Waals surface area contributed by atoms with Crippen LogP contribution < -0.4 is 10.1 Å². The van der Waals surface area contributed by atoms with Crippen molar-refractivity contribution in [3.63, 3.8) is 0 Å². The molecule has 1 amide bonds. The van der Waals surface area contributed by atoms with Gasteiger partial charge in [-0.3, -0.25) is 4.79 Å². The number of ether oxygens (including phenoxy) is 1. The summed E-state index contributed by atoms with van der Waals surface area (Å²) in [6.07, 6.45) is 1.53. The summed E-state index contributed by atoms with van der Waals surface area (Å²) in [6.45, 7) is 3.86. The van der Waals surface area contributed by atoms with Crippen LogP contribution in [-0.4, -0.2) is 41.5 Å². The molecule has 2 aliphatic rings. The Labute approximate surface area is 205 Å². The van der Waals surface area contributed by atoms with E-state index in [4.69, 9.17) is 33.0 Å². The fourth-order valence-corrected chi connectivity index (χ4v) is 6.47. The monoisotopic (exact) mass is 491 g/mol. The van der Waals surface area contributed by atoms with Crippen molar-refractivity contribution in [3.8, 4) is 5.75 Å². The molecule has 1 aliphatic carbocycles. The number of benzene rings is 2. The SMILES string of the molecule is CC[C@@]12CC[C@@H](c3ccc(OC[C@@H](O)CO)cc3Cl)[C@H](c3ccc(Cl)cc3)[C@@H]1[C@@H](C)NC2=O. The second-order valence-corrected chi connectivity index (χ2v) is 10.2. The minimum Gasteiger partial charge on any atom is -0.491 e. The summed E-state index contributed by atoms with van der Waals surface area (Å²) in [4.78, 5) is 13.1. The van der Waals surface area contributed by atoms with Gasteiger partial charge in [0.1, 0.15) is 18.5 Å². The molecule has 6 atom stereocenters. The van der Waals surface area contributed by atoms with E-state index in [-0.39, 0.29) is 48.3 Å². The normalized spacial score (nSPS) is 29.9. The Morgan fingerprint density at radius 3 is 2.58 bits per heavy atom. The van der Waals surface area contributed by atoms with Crippen LogP contribution in [0.25, 0.3) is 0 Å². The van der Waals surface area contributed by atoms with Crippen LogP contribution in [0.15, 0.2) is 42.5 Å². The van der Waals surface area contributed by atoms with Gasteiger partial charge < -0.3 is 20.3 Å². The Balaban J connectivity index is 1.73. The number of aliphatic hydroxyl groups is 2. The molecule has 5 nitrogen and oxygen atoms in total. The van der Waals surface area contributed by atoms with E-state index in [1.807, 2.05) is 24.3 Å². The van der Waals surface area contributed by atoms with Crippen molar-refractivity contribution < 1.29 is 19.7 Å².